The molecule has 0 N–H and O–H groups in total. The number of nitrogens with zero attached hydrogens (tertiary/aromatic N) is 7. The Labute approximate surface area is 127 Å². The van der Waals surface area contributed by atoms with Crippen molar-refractivity contribution in [2.45, 2.75) is 12.5 Å². The molecule has 21 heavy (non-hydrogen) atoms. The Morgan fingerprint density at radius 3 is 2.90 bits per heavy atom. The van der Waals surface area contributed by atoms with Crippen LogP contribution in [0.4, 0.5) is 0 Å². The molecular formula is C13H20N7S+. The van der Waals surface area contributed by atoms with Crippen molar-refractivity contribution in [3.05, 3.63) is 12.3 Å². The third-order valence-corrected chi connectivity index (χ3v) is 6.53. The lowest BCUT2D eigenvalue weighted by atomic mass is 10.1. The van der Waals surface area contributed by atoms with E-state index in [9.17, 15) is 0 Å². The van der Waals surface area contributed by atoms with Crippen LogP contribution >= 0.6 is 0 Å². The van der Waals surface area contributed by atoms with Gasteiger partial charge in [-0.1, -0.05) is 15.6 Å². The largest absolute Gasteiger partial charge is 0.343 e. The Balaban J connectivity index is 1.74. The molecule has 3 unspecified atom stereocenters. The second-order valence-corrected chi connectivity index (χ2v) is 7.79. The first-order chi connectivity index (χ1) is 10.2. The smallest absolute Gasteiger partial charge is 0.235 e. The first-order valence-electron chi connectivity index (χ1n) is 7.29. The van der Waals surface area contributed by atoms with Crippen molar-refractivity contribution in [1.82, 2.24) is 9.80 Å². The molecule has 4 rings (SSSR count). The summed E-state index contributed by atoms with van der Waals surface area (Å²) in [6, 6.07) is 0.254. The van der Waals surface area contributed by atoms with E-state index in [0.29, 0.717) is 3.89 Å². The SMILES string of the molecule is CN1CCN(C2=NC3=NC=CCC3[N+]3(C)C=NN=S23)CC1. The summed E-state index contributed by atoms with van der Waals surface area (Å²) >= 11 is 0. The average molecular weight is 306 g/mol. The molecule has 1 saturated heterocycles. The summed E-state index contributed by atoms with van der Waals surface area (Å²) in [6.45, 7) is 4.14. The van der Waals surface area contributed by atoms with Gasteiger partial charge in [-0.2, -0.15) is 8.88 Å². The molecule has 7 nitrogen and oxygen atoms in total. The van der Waals surface area contributed by atoms with Crippen LogP contribution in [-0.2, 0) is 10.9 Å². The molecule has 0 aromatic rings. The molecule has 0 amide bonds. The van der Waals surface area contributed by atoms with E-state index in [1.807, 2.05) is 12.5 Å². The highest BCUT2D eigenvalue weighted by molar-refractivity contribution is 7.98. The van der Waals surface area contributed by atoms with Crippen molar-refractivity contribution in [2.24, 2.45) is 19.6 Å². The third kappa shape index (κ3) is 2.01. The van der Waals surface area contributed by atoms with Gasteiger partial charge in [0.15, 0.2) is 22.8 Å². The lowest BCUT2D eigenvalue weighted by molar-refractivity contribution is -0.686. The summed E-state index contributed by atoms with van der Waals surface area (Å²) in [6.07, 6.45) is 6.91. The second-order valence-electron chi connectivity index (χ2n) is 5.94. The highest BCUT2D eigenvalue weighted by atomic mass is 32.2. The van der Waals surface area contributed by atoms with Gasteiger partial charge in [0.2, 0.25) is 11.5 Å². The first-order valence-corrected chi connectivity index (χ1v) is 8.43. The minimum absolute atomic E-state index is 0.254. The van der Waals surface area contributed by atoms with Crippen LogP contribution in [0.5, 0.6) is 0 Å². The molecule has 0 aromatic carbocycles. The third-order valence-electron chi connectivity index (χ3n) is 4.51. The lowest BCUT2D eigenvalue weighted by Gasteiger charge is -2.42. The maximum absolute atomic E-state index is 4.89. The molecule has 112 valence electrons. The molecule has 4 aliphatic heterocycles. The van der Waals surface area contributed by atoms with Crippen LogP contribution in [0.2, 0.25) is 0 Å². The molecular weight excluding hydrogens is 286 g/mol. The van der Waals surface area contributed by atoms with Gasteiger partial charge in [0.25, 0.3) is 0 Å². The predicted molar refractivity (Wildman–Crippen MR) is 86.0 cm³/mol. The van der Waals surface area contributed by atoms with Crippen molar-refractivity contribution >= 4 is 28.2 Å². The van der Waals surface area contributed by atoms with E-state index < -0.39 is 0 Å². The van der Waals surface area contributed by atoms with Gasteiger partial charge in [0, 0.05) is 38.8 Å². The number of piperazine rings is 1. The molecule has 8 heteroatoms. The molecule has 4 aliphatic rings. The van der Waals surface area contributed by atoms with E-state index in [0.717, 1.165) is 43.6 Å². The molecule has 0 aliphatic carbocycles. The van der Waals surface area contributed by atoms with Gasteiger partial charge < -0.3 is 9.80 Å². The first kappa shape index (κ1) is 13.3. The van der Waals surface area contributed by atoms with Crippen LogP contribution in [0, 0.1) is 0 Å². The van der Waals surface area contributed by atoms with Crippen LogP contribution in [0.3, 0.4) is 0 Å². The van der Waals surface area contributed by atoms with Gasteiger partial charge in [0.1, 0.15) is 0 Å². The normalized spacial score (nSPS) is 38.5. The van der Waals surface area contributed by atoms with Crippen molar-refractivity contribution < 1.29 is 3.89 Å². The lowest BCUT2D eigenvalue weighted by Crippen LogP contribution is -2.62. The van der Waals surface area contributed by atoms with E-state index in [-0.39, 0.29) is 16.9 Å². The van der Waals surface area contributed by atoms with E-state index >= 15 is 0 Å². The molecule has 4 heterocycles. The fraction of sp³-hybridized carbons (Fsp3) is 0.615. The van der Waals surface area contributed by atoms with Crippen LogP contribution in [0.1, 0.15) is 6.42 Å². The van der Waals surface area contributed by atoms with E-state index in [2.05, 4.69) is 44.5 Å². The van der Waals surface area contributed by atoms with E-state index in [1.54, 1.807) is 0 Å². The van der Waals surface area contributed by atoms with Crippen molar-refractivity contribution in [3.63, 3.8) is 0 Å². The Bertz CT molecular complexity index is 612. The number of aliphatic imine (C=N–C) groups is 2. The zero-order valence-electron chi connectivity index (χ0n) is 12.4. The minimum Gasteiger partial charge on any atom is -0.343 e. The van der Waals surface area contributed by atoms with Gasteiger partial charge in [-0.05, 0) is 7.05 Å². The highest BCUT2D eigenvalue weighted by Gasteiger charge is 2.50. The van der Waals surface area contributed by atoms with E-state index in [4.69, 9.17) is 4.99 Å². The summed E-state index contributed by atoms with van der Waals surface area (Å²) in [5.74, 6) is 0.932. The van der Waals surface area contributed by atoms with E-state index in [1.165, 1.54) is 0 Å². The number of rotatable bonds is 0. The molecule has 0 saturated carbocycles. The quantitative estimate of drug-likeness (QED) is 0.609. The van der Waals surface area contributed by atoms with Crippen LogP contribution in [0.25, 0.3) is 0 Å². The minimum atomic E-state index is -0.333. The van der Waals surface area contributed by atoms with Crippen LogP contribution in [-0.4, -0.2) is 77.3 Å². The number of hydrogen-bond donors (Lipinski definition) is 0. The summed E-state index contributed by atoms with van der Waals surface area (Å²) in [5.41, 5.74) is 0. The molecule has 0 bridgehead atoms. The maximum atomic E-state index is 4.89. The van der Waals surface area contributed by atoms with Crippen molar-refractivity contribution in [1.29, 1.82) is 0 Å². The zero-order valence-corrected chi connectivity index (χ0v) is 13.2. The fourth-order valence-electron chi connectivity index (χ4n) is 3.08. The van der Waals surface area contributed by atoms with Crippen molar-refractivity contribution in [3.8, 4) is 0 Å². The number of quaternary nitrogens is 1. The van der Waals surface area contributed by atoms with Gasteiger partial charge in [-0.25, -0.2) is 4.99 Å². The maximum Gasteiger partial charge on any atom is 0.235 e. The van der Waals surface area contributed by atoms with Gasteiger partial charge in [-0.15, -0.1) is 0 Å². The number of hydrogen-bond acceptors (Lipinski definition) is 6. The van der Waals surface area contributed by atoms with Crippen molar-refractivity contribution in [2.75, 3.05) is 40.3 Å². The Morgan fingerprint density at radius 2 is 2.10 bits per heavy atom. The van der Waals surface area contributed by atoms with Gasteiger partial charge >= 0.3 is 0 Å². The Morgan fingerprint density at radius 1 is 1.29 bits per heavy atom. The standard InChI is InChI=1S/C13H20N7S/c1-18-6-8-19(9-7-18)13-16-12-11(4-3-5-14-12)20(2)10-15-17-21(13)20/h3,5,10-11H,4,6-9H2,1-2H3/q+1. The van der Waals surface area contributed by atoms with Crippen LogP contribution < -0.4 is 0 Å². The predicted octanol–water partition coefficient (Wildman–Crippen LogP) is 0.408. The summed E-state index contributed by atoms with van der Waals surface area (Å²) in [7, 11) is 4.03. The van der Waals surface area contributed by atoms with Gasteiger partial charge in [0.05, 0.1) is 7.05 Å². The summed E-state index contributed by atoms with van der Waals surface area (Å²) in [4.78, 5) is 14.1. The fourth-order valence-corrected chi connectivity index (χ4v) is 4.94. The molecule has 0 aromatic heterocycles. The highest BCUT2D eigenvalue weighted by Crippen LogP contribution is 2.31. The zero-order chi connectivity index (χ0) is 14.4. The Kier molecular flexibility index (Phi) is 3.05. The number of fused-ring (bicyclic) bond motifs is 3. The second kappa shape index (κ2) is 4.82. The Hall–Kier alpha value is -1.38. The summed E-state index contributed by atoms with van der Waals surface area (Å²) < 4.78 is 5.20. The monoisotopic (exact) mass is 306 g/mol. The average Bonchev–Trinajstić information content (AvgIpc) is 2.90. The van der Waals surface area contributed by atoms with Crippen LogP contribution in [0.15, 0.2) is 31.8 Å². The number of amidine groups is 2. The number of likely N-dealkylation sites (N-methyl/N-ethyl adjacent to an activating group) is 2. The molecule has 1 fully saturated rings. The van der Waals surface area contributed by atoms with Gasteiger partial charge in [-0.3, -0.25) is 0 Å². The molecule has 3 atom stereocenters. The summed E-state index contributed by atoms with van der Waals surface area (Å²) in [5, 5.41) is 5.30. The molecule has 0 radical (unpaired) electrons. The topological polar surface area (TPSA) is 55.9 Å². The molecule has 0 spiro atoms.